The minimum absolute atomic E-state index is 0.0337. The van der Waals surface area contributed by atoms with Crippen LogP contribution in [-0.4, -0.2) is 47.1 Å². The van der Waals surface area contributed by atoms with E-state index < -0.39 is 29.7 Å². The van der Waals surface area contributed by atoms with Crippen LogP contribution in [0.5, 0.6) is 0 Å². The largest absolute Gasteiger partial charge is 0.368 e. The van der Waals surface area contributed by atoms with E-state index >= 15 is 0 Å². The first-order chi connectivity index (χ1) is 11.1. The maximum absolute atomic E-state index is 11.8. The highest BCUT2D eigenvalue weighted by Gasteiger charge is 2.31. The third-order valence-electron chi connectivity index (χ3n) is 3.18. The van der Waals surface area contributed by atoms with Crippen molar-refractivity contribution in [3.8, 4) is 0 Å². The first-order valence-electron chi connectivity index (χ1n) is 7.42. The van der Waals surface area contributed by atoms with E-state index in [9.17, 15) is 14.4 Å². The fraction of sp³-hybridized carbons (Fsp3) is 0.500. The number of nitrogens with two attached hydrogens (primary N) is 3. The van der Waals surface area contributed by atoms with Gasteiger partial charge in [-0.1, -0.05) is 0 Å². The van der Waals surface area contributed by atoms with Gasteiger partial charge < -0.3 is 27.1 Å². The van der Waals surface area contributed by atoms with Gasteiger partial charge in [0.05, 0.1) is 0 Å². The molecule has 10 N–H and O–H groups in total. The Morgan fingerprint density at radius 3 is 2.46 bits per heavy atom. The Morgan fingerprint density at radius 1 is 1.29 bits per heavy atom. The van der Waals surface area contributed by atoms with Crippen LogP contribution in [0.1, 0.15) is 30.8 Å². The highest BCUT2D eigenvalue weighted by molar-refractivity contribution is 5.92. The summed E-state index contributed by atoms with van der Waals surface area (Å²) < 4.78 is 0. The van der Waals surface area contributed by atoms with Gasteiger partial charge in [-0.05, 0) is 26.0 Å². The molecule has 1 rings (SSSR count). The molecule has 0 aliphatic rings. The molecule has 0 aliphatic carbocycles. The molecular weight excluding hydrogens is 314 g/mol. The zero-order valence-electron chi connectivity index (χ0n) is 13.8. The van der Waals surface area contributed by atoms with Gasteiger partial charge in [0.25, 0.3) is 5.91 Å². The predicted octanol–water partition coefficient (Wildman–Crippen LogP) is -2.33. The Kier molecular flexibility index (Phi) is 6.89. The zero-order chi connectivity index (χ0) is 18.3. The van der Waals surface area contributed by atoms with Crippen LogP contribution in [0.3, 0.4) is 0 Å². The zero-order valence-corrected chi connectivity index (χ0v) is 13.8. The molecule has 3 amide bonds. The van der Waals surface area contributed by atoms with Crippen molar-refractivity contribution in [3.05, 3.63) is 24.0 Å². The third-order valence-corrected chi connectivity index (χ3v) is 3.18. The molecule has 0 bridgehead atoms. The van der Waals surface area contributed by atoms with Gasteiger partial charge >= 0.3 is 0 Å². The maximum Gasteiger partial charge on any atom is 0.269 e. The van der Waals surface area contributed by atoms with Crippen molar-refractivity contribution in [1.82, 2.24) is 20.9 Å². The summed E-state index contributed by atoms with van der Waals surface area (Å²) in [5.74, 6) is -1.49. The topological polar surface area (TPSA) is 181 Å². The molecule has 0 spiro atoms. The van der Waals surface area contributed by atoms with Crippen LogP contribution in [0, 0.1) is 0 Å². The molecule has 24 heavy (non-hydrogen) atoms. The number of hydrogen-bond acceptors (Lipinski definition) is 6. The summed E-state index contributed by atoms with van der Waals surface area (Å²) in [4.78, 5) is 37.7. The van der Waals surface area contributed by atoms with Gasteiger partial charge in [-0.3, -0.25) is 25.4 Å². The first kappa shape index (κ1) is 19.6. The van der Waals surface area contributed by atoms with Crippen molar-refractivity contribution in [3.63, 3.8) is 0 Å². The van der Waals surface area contributed by atoms with E-state index in [1.807, 2.05) is 0 Å². The van der Waals surface area contributed by atoms with E-state index in [-0.39, 0.29) is 18.9 Å². The molecule has 10 heteroatoms. The van der Waals surface area contributed by atoms with Crippen LogP contribution in [-0.2, 0) is 9.59 Å². The van der Waals surface area contributed by atoms with Crippen LogP contribution < -0.4 is 33.2 Å². The molecule has 0 aromatic carbocycles. The summed E-state index contributed by atoms with van der Waals surface area (Å²) in [6.45, 7) is 3.37. The summed E-state index contributed by atoms with van der Waals surface area (Å²) in [6.07, 6.45) is 0.824. The number of nitrogens with one attached hydrogen (secondary N) is 4. The molecule has 2 atom stereocenters. The molecule has 134 valence electrons. The molecule has 10 nitrogen and oxygen atoms in total. The van der Waals surface area contributed by atoms with Gasteiger partial charge in [0.15, 0.2) is 0 Å². The molecule has 2 unspecified atom stereocenters. The Bertz CT molecular complexity index is 565. The average Bonchev–Trinajstić information content (AvgIpc) is 2.97. The molecule has 0 aliphatic heterocycles. The lowest BCUT2D eigenvalue weighted by Crippen LogP contribution is -2.61. The van der Waals surface area contributed by atoms with E-state index in [0.29, 0.717) is 5.69 Å². The normalized spacial score (nSPS) is 13.8. The standard InChI is InChI=1S/C14H25N7O3/c1-14(2,17)10(11(15)23)20-9(22)5-7-19-13(16)21-12(24)8-4-3-6-18-8/h3-4,6,10,13,18-19H,5,7,16-17H2,1-2H3,(H2,15,23)(H,20,22)(H,21,24). The molecule has 0 radical (unpaired) electrons. The predicted molar refractivity (Wildman–Crippen MR) is 88.2 cm³/mol. The Balaban J connectivity index is 2.34. The van der Waals surface area contributed by atoms with E-state index in [4.69, 9.17) is 17.2 Å². The fourth-order valence-corrected chi connectivity index (χ4v) is 1.94. The SMILES string of the molecule is CC(C)(N)C(NC(=O)CCNC(N)NC(=O)c1ccc[nH]1)C(N)=O. The van der Waals surface area contributed by atoms with Crippen LogP contribution in [0.4, 0.5) is 0 Å². The summed E-state index contributed by atoms with van der Waals surface area (Å²) >= 11 is 0. The van der Waals surface area contributed by atoms with Crippen molar-refractivity contribution in [2.45, 2.75) is 38.1 Å². The van der Waals surface area contributed by atoms with Gasteiger partial charge in [-0.25, -0.2) is 0 Å². The molecule has 0 fully saturated rings. The van der Waals surface area contributed by atoms with Gasteiger partial charge in [0.2, 0.25) is 11.8 Å². The minimum Gasteiger partial charge on any atom is -0.368 e. The first-order valence-corrected chi connectivity index (χ1v) is 7.42. The molecule has 1 aromatic rings. The number of hydrogen-bond donors (Lipinski definition) is 7. The number of carbonyl (C=O) groups is 3. The lowest BCUT2D eigenvalue weighted by atomic mass is 9.95. The second kappa shape index (κ2) is 8.43. The van der Waals surface area contributed by atoms with Gasteiger partial charge in [-0.15, -0.1) is 0 Å². The number of aromatic nitrogens is 1. The van der Waals surface area contributed by atoms with Crippen molar-refractivity contribution >= 4 is 17.7 Å². The Labute approximate surface area is 139 Å². The summed E-state index contributed by atoms with van der Waals surface area (Å²) in [5.41, 5.74) is 16.1. The average molecular weight is 339 g/mol. The van der Waals surface area contributed by atoms with Crippen LogP contribution >= 0.6 is 0 Å². The summed E-state index contributed by atoms with van der Waals surface area (Å²) in [6, 6.07) is 2.31. The van der Waals surface area contributed by atoms with Crippen molar-refractivity contribution in [1.29, 1.82) is 0 Å². The monoisotopic (exact) mass is 339 g/mol. The molecular formula is C14H25N7O3. The highest BCUT2D eigenvalue weighted by Crippen LogP contribution is 2.04. The number of H-pyrrole nitrogens is 1. The third kappa shape index (κ3) is 6.36. The molecule has 0 saturated carbocycles. The van der Waals surface area contributed by atoms with Gasteiger partial charge in [0.1, 0.15) is 18.0 Å². The Morgan fingerprint density at radius 2 is 1.96 bits per heavy atom. The molecule has 1 heterocycles. The summed E-state index contributed by atoms with van der Waals surface area (Å²) in [5, 5.41) is 7.76. The van der Waals surface area contributed by atoms with E-state index in [1.165, 1.54) is 0 Å². The fourth-order valence-electron chi connectivity index (χ4n) is 1.94. The lowest BCUT2D eigenvalue weighted by Gasteiger charge is -2.28. The molecule has 0 saturated heterocycles. The van der Waals surface area contributed by atoms with E-state index in [1.54, 1.807) is 32.2 Å². The second-order valence-electron chi connectivity index (χ2n) is 5.96. The smallest absolute Gasteiger partial charge is 0.269 e. The van der Waals surface area contributed by atoms with E-state index in [0.717, 1.165) is 0 Å². The van der Waals surface area contributed by atoms with Crippen LogP contribution in [0.25, 0.3) is 0 Å². The second-order valence-corrected chi connectivity index (χ2v) is 5.96. The summed E-state index contributed by atoms with van der Waals surface area (Å²) in [7, 11) is 0. The molecule has 1 aromatic heterocycles. The number of aromatic amines is 1. The number of amides is 3. The number of primary amides is 1. The van der Waals surface area contributed by atoms with Gasteiger partial charge in [-0.2, -0.15) is 0 Å². The van der Waals surface area contributed by atoms with Crippen molar-refractivity contribution in [2.75, 3.05) is 6.54 Å². The van der Waals surface area contributed by atoms with Crippen molar-refractivity contribution in [2.24, 2.45) is 17.2 Å². The van der Waals surface area contributed by atoms with E-state index in [2.05, 4.69) is 20.9 Å². The van der Waals surface area contributed by atoms with Crippen molar-refractivity contribution < 1.29 is 14.4 Å². The van der Waals surface area contributed by atoms with Crippen LogP contribution in [0.15, 0.2) is 18.3 Å². The quantitative estimate of drug-likeness (QED) is 0.248. The Hall–Kier alpha value is -2.43. The maximum atomic E-state index is 11.8. The van der Waals surface area contributed by atoms with Crippen LogP contribution in [0.2, 0.25) is 0 Å². The number of carbonyl (C=O) groups excluding carboxylic acids is 3. The number of rotatable bonds is 9. The minimum atomic E-state index is -0.980. The lowest BCUT2D eigenvalue weighted by molar-refractivity contribution is -0.128. The van der Waals surface area contributed by atoms with Gasteiger partial charge in [0, 0.05) is 24.7 Å². The highest BCUT2D eigenvalue weighted by atomic mass is 16.2.